The van der Waals surface area contributed by atoms with Crippen LogP contribution in [0, 0.1) is 11.7 Å². The summed E-state index contributed by atoms with van der Waals surface area (Å²) in [6.45, 7) is 2.61. The Hall–Kier alpha value is -1.65. The maximum atomic E-state index is 13.9. The van der Waals surface area contributed by atoms with Gasteiger partial charge < -0.3 is 20.9 Å². The average Bonchev–Trinajstić information content (AvgIpc) is 3.36. The standard InChI is InChI=1S/C20H31FN6O.HI/c1-22-20(25-11-10-23-18(28)13-15-5-2-3-6-15)26-16-8-12-27(14-16)19-17(21)7-4-9-24-19;/h4,7,9,15-16H,2-3,5-6,8,10-14H2,1H3,(H,23,28)(H2,22,25,26);1H. The number of halogens is 2. The number of amides is 1. The molecule has 1 aromatic rings. The molecule has 0 bridgehead atoms. The van der Waals surface area contributed by atoms with Crippen LogP contribution in [0.25, 0.3) is 0 Å². The smallest absolute Gasteiger partial charge is 0.220 e. The first-order valence-corrected chi connectivity index (χ1v) is 10.2. The Kier molecular flexibility index (Phi) is 9.89. The van der Waals surface area contributed by atoms with Crippen molar-refractivity contribution >= 4 is 41.7 Å². The molecule has 0 radical (unpaired) electrons. The van der Waals surface area contributed by atoms with Crippen molar-refractivity contribution in [1.82, 2.24) is 20.9 Å². The highest BCUT2D eigenvalue weighted by molar-refractivity contribution is 14.0. The molecule has 1 aromatic heterocycles. The molecule has 9 heteroatoms. The van der Waals surface area contributed by atoms with Crippen molar-refractivity contribution in [3.8, 4) is 0 Å². The number of hydrogen-bond donors (Lipinski definition) is 3. The molecule has 162 valence electrons. The summed E-state index contributed by atoms with van der Waals surface area (Å²) in [5.74, 6) is 1.51. The summed E-state index contributed by atoms with van der Waals surface area (Å²) < 4.78 is 13.9. The number of nitrogens with zero attached hydrogens (tertiary/aromatic N) is 3. The fraction of sp³-hybridized carbons (Fsp3) is 0.650. The molecule has 2 fully saturated rings. The van der Waals surface area contributed by atoms with Gasteiger partial charge in [-0.15, -0.1) is 24.0 Å². The van der Waals surface area contributed by atoms with Gasteiger partial charge in [0.15, 0.2) is 17.6 Å². The molecule has 1 saturated heterocycles. The third-order valence-corrected chi connectivity index (χ3v) is 5.48. The van der Waals surface area contributed by atoms with Crippen molar-refractivity contribution < 1.29 is 9.18 Å². The predicted octanol–water partition coefficient (Wildman–Crippen LogP) is 2.28. The van der Waals surface area contributed by atoms with Crippen molar-refractivity contribution in [2.75, 3.05) is 38.1 Å². The Morgan fingerprint density at radius 1 is 1.28 bits per heavy atom. The van der Waals surface area contributed by atoms with E-state index in [0.29, 0.717) is 43.8 Å². The summed E-state index contributed by atoms with van der Waals surface area (Å²) in [6.07, 6.45) is 8.02. The van der Waals surface area contributed by atoms with Crippen LogP contribution in [-0.4, -0.2) is 56.1 Å². The van der Waals surface area contributed by atoms with Gasteiger partial charge in [-0.3, -0.25) is 9.79 Å². The molecule has 0 spiro atoms. The molecule has 3 rings (SSSR count). The summed E-state index contributed by atoms with van der Waals surface area (Å²) in [6, 6.07) is 3.21. The van der Waals surface area contributed by atoms with Crippen LogP contribution in [0.5, 0.6) is 0 Å². The number of carbonyl (C=O) groups is 1. The number of anilines is 1. The first-order chi connectivity index (χ1) is 13.7. The van der Waals surface area contributed by atoms with Crippen molar-refractivity contribution in [2.45, 2.75) is 44.6 Å². The van der Waals surface area contributed by atoms with E-state index in [4.69, 9.17) is 0 Å². The lowest BCUT2D eigenvalue weighted by atomic mass is 10.0. The minimum Gasteiger partial charge on any atom is -0.355 e. The van der Waals surface area contributed by atoms with E-state index >= 15 is 0 Å². The van der Waals surface area contributed by atoms with Crippen LogP contribution in [0.3, 0.4) is 0 Å². The van der Waals surface area contributed by atoms with Gasteiger partial charge in [0.1, 0.15) is 0 Å². The third-order valence-electron chi connectivity index (χ3n) is 5.48. The second-order valence-corrected chi connectivity index (χ2v) is 7.59. The van der Waals surface area contributed by atoms with E-state index in [0.717, 1.165) is 13.0 Å². The van der Waals surface area contributed by atoms with Crippen molar-refractivity contribution in [2.24, 2.45) is 10.9 Å². The Balaban J connectivity index is 0.00000300. The van der Waals surface area contributed by atoms with Crippen LogP contribution in [0.1, 0.15) is 38.5 Å². The van der Waals surface area contributed by atoms with Gasteiger partial charge >= 0.3 is 0 Å². The Morgan fingerprint density at radius 2 is 2.03 bits per heavy atom. The van der Waals surface area contributed by atoms with E-state index in [9.17, 15) is 9.18 Å². The van der Waals surface area contributed by atoms with Crippen LogP contribution >= 0.6 is 24.0 Å². The molecule has 1 amide bonds. The summed E-state index contributed by atoms with van der Waals surface area (Å²) >= 11 is 0. The van der Waals surface area contributed by atoms with Gasteiger partial charge in [-0.1, -0.05) is 12.8 Å². The maximum Gasteiger partial charge on any atom is 0.220 e. The van der Waals surface area contributed by atoms with Gasteiger partial charge in [-0.05, 0) is 37.3 Å². The minimum atomic E-state index is -0.293. The third kappa shape index (κ3) is 7.27. The van der Waals surface area contributed by atoms with Gasteiger partial charge in [-0.2, -0.15) is 0 Å². The zero-order chi connectivity index (χ0) is 19.8. The van der Waals surface area contributed by atoms with Gasteiger partial charge in [0, 0.05) is 51.9 Å². The first kappa shape index (κ1) is 23.6. The van der Waals surface area contributed by atoms with Crippen LogP contribution in [0.4, 0.5) is 10.2 Å². The van der Waals surface area contributed by atoms with Crippen molar-refractivity contribution in [3.63, 3.8) is 0 Å². The fourth-order valence-electron chi connectivity index (χ4n) is 4.00. The lowest BCUT2D eigenvalue weighted by Gasteiger charge is -2.20. The molecular formula is C20H32FIN6O. The number of aromatic nitrogens is 1. The number of pyridine rings is 1. The molecule has 1 unspecified atom stereocenters. The molecule has 1 atom stereocenters. The van der Waals surface area contributed by atoms with E-state index < -0.39 is 0 Å². The number of nitrogens with one attached hydrogen (secondary N) is 3. The Bertz CT molecular complexity index is 683. The number of aliphatic imine (C=N–C) groups is 1. The molecule has 29 heavy (non-hydrogen) atoms. The van der Waals surface area contributed by atoms with Gasteiger partial charge in [0.2, 0.25) is 5.91 Å². The van der Waals surface area contributed by atoms with E-state index in [-0.39, 0.29) is 41.7 Å². The van der Waals surface area contributed by atoms with Gasteiger partial charge in [-0.25, -0.2) is 9.37 Å². The molecule has 1 saturated carbocycles. The first-order valence-electron chi connectivity index (χ1n) is 10.2. The van der Waals surface area contributed by atoms with E-state index in [1.165, 1.54) is 31.7 Å². The van der Waals surface area contributed by atoms with Crippen LogP contribution < -0.4 is 20.9 Å². The molecule has 1 aliphatic heterocycles. The summed E-state index contributed by atoms with van der Waals surface area (Å²) in [5.41, 5.74) is 0. The van der Waals surface area contributed by atoms with E-state index in [1.807, 2.05) is 4.90 Å². The summed E-state index contributed by atoms with van der Waals surface area (Å²) in [5, 5.41) is 9.57. The fourth-order valence-corrected chi connectivity index (χ4v) is 4.00. The highest BCUT2D eigenvalue weighted by Gasteiger charge is 2.26. The number of rotatable bonds is 7. The summed E-state index contributed by atoms with van der Waals surface area (Å²) in [7, 11) is 1.72. The second kappa shape index (κ2) is 12.1. The molecule has 2 heterocycles. The molecule has 1 aliphatic carbocycles. The monoisotopic (exact) mass is 518 g/mol. The number of guanidine groups is 1. The SMILES string of the molecule is CN=C(NCCNC(=O)CC1CCCC1)NC1CCN(c2ncccc2F)C1.I. The van der Waals surface area contributed by atoms with Crippen LogP contribution in [0.2, 0.25) is 0 Å². The summed E-state index contributed by atoms with van der Waals surface area (Å²) in [4.78, 5) is 22.3. The average molecular weight is 518 g/mol. The largest absolute Gasteiger partial charge is 0.355 e. The van der Waals surface area contributed by atoms with Gasteiger partial charge in [0.25, 0.3) is 0 Å². The number of hydrogen-bond acceptors (Lipinski definition) is 4. The highest BCUT2D eigenvalue weighted by Crippen LogP contribution is 2.27. The highest BCUT2D eigenvalue weighted by atomic mass is 127. The lowest BCUT2D eigenvalue weighted by molar-refractivity contribution is -0.121. The second-order valence-electron chi connectivity index (χ2n) is 7.59. The zero-order valence-corrected chi connectivity index (χ0v) is 19.3. The molecule has 7 nitrogen and oxygen atoms in total. The molecule has 0 aromatic carbocycles. The Morgan fingerprint density at radius 3 is 2.76 bits per heavy atom. The predicted molar refractivity (Wildman–Crippen MR) is 124 cm³/mol. The van der Waals surface area contributed by atoms with E-state index in [1.54, 1.807) is 19.3 Å². The molecule has 2 aliphatic rings. The van der Waals surface area contributed by atoms with Crippen molar-refractivity contribution in [3.05, 3.63) is 24.1 Å². The van der Waals surface area contributed by atoms with Crippen molar-refractivity contribution in [1.29, 1.82) is 0 Å². The quantitative estimate of drug-likeness (QED) is 0.224. The normalized spacial score (nSPS) is 19.7. The molecular weight excluding hydrogens is 486 g/mol. The van der Waals surface area contributed by atoms with Crippen LogP contribution in [0.15, 0.2) is 23.3 Å². The van der Waals surface area contributed by atoms with Crippen LogP contribution in [-0.2, 0) is 4.79 Å². The van der Waals surface area contributed by atoms with E-state index in [2.05, 4.69) is 25.9 Å². The maximum absolute atomic E-state index is 13.9. The van der Waals surface area contributed by atoms with Gasteiger partial charge in [0.05, 0.1) is 0 Å². The Labute approximate surface area is 189 Å². The number of carbonyl (C=O) groups excluding carboxylic acids is 1. The lowest BCUT2D eigenvalue weighted by Crippen LogP contribution is -2.46. The zero-order valence-electron chi connectivity index (χ0n) is 17.0. The minimum absolute atomic E-state index is 0. The molecule has 3 N–H and O–H groups in total. The topological polar surface area (TPSA) is 81.6 Å².